The summed E-state index contributed by atoms with van der Waals surface area (Å²) < 4.78 is 55.3. The Morgan fingerprint density at radius 1 is 1.39 bits per heavy atom. The fraction of sp³-hybridized carbons (Fsp3) is 0.476. The molecular weight excluding hydrogens is 461 g/mol. The molecule has 0 saturated carbocycles. The van der Waals surface area contributed by atoms with Crippen molar-refractivity contribution in [3.8, 4) is 16.3 Å². The van der Waals surface area contributed by atoms with Crippen molar-refractivity contribution in [3.63, 3.8) is 0 Å². The third-order valence-corrected chi connectivity index (χ3v) is 6.14. The van der Waals surface area contributed by atoms with E-state index in [1.165, 1.54) is 17.4 Å². The number of halogens is 3. The quantitative estimate of drug-likeness (QED) is 0.508. The van der Waals surface area contributed by atoms with Crippen molar-refractivity contribution < 1.29 is 31.9 Å². The molecule has 1 aliphatic rings. The highest BCUT2D eigenvalue weighted by molar-refractivity contribution is 7.13. The molecule has 0 spiro atoms. The van der Waals surface area contributed by atoms with E-state index in [2.05, 4.69) is 20.0 Å². The largest absolute Gasteiger partial charge is 0.573 e. The minimum absolute atomic E-state index is 0.0157. The minimum Gasteiger partial charge on any atom is -0.462 e. The molecule has 1 saturated heterocycles. The molecule has 2 aromatic heterocycles. The molecule has 12 heteroatoms. The van der Waals surface area contributed by atoms with Crippen LogP contribution in [0.25, 0.3) is 21.7 Å². The van der Waals surface area contributed by atoms with Crippen LogP contribution in [-0.2, 0) is 4.74 Å². The van der Waals surface area contributed by atoms with Gasteiger partial charge in [-0.25, -0.2) is 9.78 Å². The maximum Gasteiger partial charge on any atom is 0.573 e. The Balaban J connectivity index is 1.93. The van der Waals surface area contributed by atoms with E-state index in [1.807, 2.05) is 11.9 Å². The molecule has 0 bridgehead atoms. The highest BCUT2D eigenvalue weighted by Gasteiger charge is 2.37. The van der Waals surface area contributed by atoms with Crippen LogP contribution in [-0.4, -0.2) is 55.1 Å². The molecule has 0 amide bonds. The van der Waals surface area contributed by atoms with Crippen LogP contribution in [0.15, 0.2) is 22.1 Å². The number of ether oxygens (including phenoxy) is 2. The third kappa shape index (κ3) is 5.06. The van der Waals surface area contributed by atoms with Gasteiger partial charge in [0, 0.05) is 30.7 Å². The number of thiazole rings is 1. The zero-order valence-corrected chi connectivity index (χ0v) is 18.9. The predicted octanol–water partition coefficient (Wildman–Crippen LogP) is 4.60. The predicted molar refractivity (Wildman–Crippen MR) is 117 cm³/mol. The standard InChI is InChI=1S/C21H23F3N4O4S/c1-3-30-19(29)14-10-13(18-26-7-9-33-18)16-15(17(14)32-21(22,23)24)27-20(31-16)28-8-5-4-6-12(11-28)25-2/h7,9-10,12,25H,3-6,8,11H2,1-2H3. The van der Waals surface area contributed by atoms with Gasteiger partial charge < -0.3 is 24.1 Å². The van der Waals surface area contributed by atoms with Crippen LogP contribution in [0.4, 0.5) is 19.2 Å². The normalized spacial score (nSPS) is 17.2. The van der Waals surface area contributed by atoms with Crippen molar-refractivity contribution in [2.45, 2.75) is 38.6 Å². The summed E-state index contributed by atoms with van der Waals surface area (Å²) in [6.07, 6.45) is -0.638. The van der Waals surface area contributed by atoms with E-state index in [-0.39, 0.29) is 29.8 Å². The fourth-order valence-corrected chi connectivity index (χ4v) is 4.48. The SMILES string of the molecule is CCOC(=O)c1cc(-c2nccs2)c2oc(N3CCCCC(NC)C3)nc2c1OC(F)(F)F. The summed E-state index contributed by atoms with van der Waals surface area (Å²) in [6, 6.07) is 1.61. The van der Waals surface area contributed by atoms with Gasteiger partial charge in [-0.2, -0.15) is 4.98 Å². The van der Waals surface area contributed by atoms with Gasteiger partial charge in [0.15, 0.2) is 16.8 Å². The van der Waals surface area contributed by atoms with Crippen molar-refractivity contribution in [1.82, 2.24) is 15.3 Å². The number of benzene rings is 1. The number of carbonyl (C=O) groups is 1. The topological polar surface area (TPSA) is 89.7 Å². The second-order valence-corrected chi connectivity index (χ2v) is 8.40. The van der Waals surface area contributed by atoms with Crippen molar-refractivity contribution in [2.75, 3.05) is 31.6 Å². The first-order chi connectivity index (χ1) is 15.8. The van der Waals surface area contributed by atoms with Crippen molar-refractivity contribution in [2.24, 2.45) is 0 Å². The third-order valence-electron chi connectivity index (χ3n) is 5.33. The summed E-state index contributed by atoms with van der Waals surface area (Å²) >= 11 is 1.26. The molecule has 1 aromatic carbocycles. The summed E-state index contributed by atoms with van der Waals surface area (Å²) in [6.45, 7) is 2.76. The molecule has 178 valence electrons. The number of hydrogen-bond donors (Lipinski definition) is 1. The van der Waals surface area contributed by atoms with Crippen LogP contribution in [0.3, 0.4) is 0 Å². The lowest BCUT2D eigenvalue weighted by molar-refractivity contribution is -0.274. The average Bonchev–Trinajstić information content (AvgIpc) is 3.39. The van der Waals surface area contributed by atoms with Gasteiger partial charge >= 0.3 is 12.3 Å². The van der Waals surface area contributed by atoms with Gasteiger partial charge in [-0.15, -0.1) is 24.5 Å². The number of rotatable bonds is 6. The summed E-state index contributed by atoms with van der Waals surface area (Å²) in [5.41, 5.74) is -0.187. The molecule has 3 heterocycles. The number of hydrogen-bond acceptors (Lipinski definition) is 9. The lowest BCUT2D eigenvalue weighted by Crippen LogP contribution is -2.38. The monoisotopic (exact) mass is 484 g/mol. The highest BCUT2D eigenvalue weighted by atomic mass is 32.1. The number of nitrogens with zero attached hydrogens (tertiary/aromatic N) is 3. The van der Waals surface area contributed by atoms with Crippen LogP contribution in [0.5, 0.6) is 5.75 Å². The first kappa shape index (κ1) is 23.3. The van der Waals surface area contributed by atoms with Crippen LogP contribution < -0.4 is 15.0 Å². The number of nitrogens with one attached hydrogen (secondary N) is 1. The number of esters is 1. The lowest BCUT2D eigenvalue weighted by Gasteiger charge is -2.22. The van der Waals surface area contributed by atoms with Gasteiger partial charge in [0.25, 0.3) is 6.01 Å². The van der Waals surface area contributed by atoms with Crippen molar-refractivity contribution >= 4 is 34.4 Å². The molecule has 0 aliphatic carbocycles. The van der Waals surface area contributed by atoms with E-state index in [9.17, 15) is 18.0 Å². The molecule has 8 nitrogen and oxygen atoms in total. The smallest absolute Gasteiger partial charge is 0.462 e. The van der Waals surface area contributed by atoms with Gasteiger partial charge in [0.05, 0.1) is 12.2 Å². The van der Waals surface area contributed by atoms with E-state index >= 15 is 0 Å². The zero-order chi connectivity index (χ0) is 23.6. The number of alkyl halides is 3. The first-order valence-corrected chi connectivity index (χ1v) is 11.4. The van der Waals surface area contributed by atoms with E-state index in [0.29, 0.717) is 23.7 Å². The molecule has 1 unspecified atom stereocenters. The van der Waals surface area contributed by atoms with Crippen molar-refractivity contribution in [3.05, 3.63) is 23.2 Å². The van der Waals surface area contributed by atoms with E-state index in [1.54, 1.807) is 18.5 Å². The van der Waals surface area contributed by atoms with Gasteiger partial charge in [0.2, 0.25) is 0 Å². The Morgan fingerprint density at radius 3 is 2.88 bits per heavy atom. The first-order valence-electron chi connectivity index (χ1n) is 10.5. The Morgan fingerprint density at radius 2 is 2.21 bits per heavy atom. The average molecular weight is 485 g/mol. The van der Waals surface area contributed by atoms with Gasteiger partial charge in [-0.05, 0) is 32.9 Å². The molecule has 4 rings (SSSR count). The molecule has 1 atom stereocenters. The van der Waals surface area contributed by atoms with Gasteiger partial charge in [-0.1, -0.05) is 6.42 Å². The number of likely N-dealkylation sites (N-methyl/N-ethyl adjacent to an activating group) is 1. The number of fused-ring (bicyclic) bond motifs is 1. The number of aromatic nitrogens is 2. The van der Waals surface area contributed by atoms with Crippen LogP contribution >= 0.6 is 11.3 Å². The van der Waals surface area contributed by atoms with Crippen molar-refractivity contribution in [1.29, 1.82) is 0 Å². The summed E-state index contributed by atoms with van der Waals surface area (Å²) in [4.78, 5) is 23.1. The zero-order valence-electron chi connectivity index (χ0n) is 18.1. The summed E-state index contributed by atoms with van der Waals surface area (Å²) in [5.74, 6) is -1.70. The van der Waals surface area contributed by atoms with Crippen LogP contribution in [0, 0.1) is 0 Å². The fourth-order valence-electron chi connectivity index (χ4n) is 3.83. The minimum atomic E-state index is -5.05. The Labute approximate surface area is 191 Å². The molecule has 0 radical (unpaired) electrons. The number of anilines is 1. The molecule has 1 aliphatic heterocycles. The molecule has 33 heavy (non-hydrogen) atoms. The molecule has 1 N–H and O–H groups in total. The van der Waals surface area contributed by atoms with Crippen LogP contribution in [0.2, 0.25) is 0 Å². The Kier molecular flexibility index (Phi) is 6.75. The highest BCUT2D eigenvalue weighted by Crippen LogP contribution is 2.42. The van der Waals surface area contributed by atoms with Gasteiger partial charge in [-0.3, -0.25) is 0 Å². The second-order valence-electron chi connectivity index (χ2n) is 7.51. The summed E-state index contributed by atoms with van der Waals surface area (Å²) in [7, 11) is 1.86. The maximum absolute atomic E-state index is 13.3. The van der Waals surface area contributed by atoms with Gasteiger partial charge in [0.1, 0.15) is 10.6 Å². The van der Waals surface area contributed by atoms with E-state index in [4.69, 9.17) is 9.15 Å². The van der Waals surface area contributed by atoms with E-state index in [0.717, 1.165) is 19.3 Å². The Hall–Kier alpha value is -2.86. The van der Waals surface area contributed by atoms with E-state index < -0.39 is 23.6 Å². The maximum atomic E-state index is 13.3. The molecule has 3 aromatic rings. The second kappa shape index (κ2) is 9.56. The number of oxazole rings is 1. The lowest BCUT2D eigenvalue weighted by atomic mass is 10.1. The molecular formula is C21H23F3N4O4S. The Bertz CT molecular complexity index is 1120. The number of carbonyl (C=O) groups excluding carboxylic acids is 1. The summed E-state index contributed by atoms with van der Waals surface area (Å²) in [5, 5.41) is 5.42. The van der Waals surface area contributed by atoms with Crippen LogP contribution in [0.1, 0.15) is 36.5 Å². The molecule has 1 fully saturated rings.